The Labute approximate surface area is 89.9 Å². The first-order chi connectivity index (χ1) is 6.20. The van der Waals surface area contributed by atoms with Crippen LogP contribution in [0.1, 0.15) is 6.42 Å². The Balaban J connectivity index is 0.00000169. The molecule has 1 aliphatic rings. The molecule has 0 unspecified atom stereocenters. The van der Waals surface area contributed by atoms with E-state index in [9.17, 15) is 4.79 Å². The molecule has 0 aromatic rings. The number of carboxylic acid groups (broad SMARTS) is 1. The SMILES string of the molecule is CN(CC=CC(=O)O)[C@H]1CCOC1.Cl. The van der Waals surface area contributed by atoms with Crippen LogP contribution in [0.2, 0.25) is 0 Å². The van der Waals surface area contributed by atoms with Crippen LogP contribution in [-0.2, 0) is 9.53 Å². The second-order valence-corrected chi connectivity index (χ2v) is 3.20. The lowest BCUT2D eigenvalue weighted by molar-refractivity contribution is -0.131. The maximum absolute atomic E-state index is 10.2. The Morgan fingerprint density at radius 2 is 2.43 bits per heavy atom. The molecule has 5 heteroatoms. The van der Waals surface area contributed by atoms with Gasteiger partial charge in [0, 0.05) is 25.3 Å². The second-order valence-electron chi connectivity index (χ2n) is 3.20. The Hall–Kier alpha value is -0.580. The third-order valence-corrected chi connectivity index (χ3v) is 2.18. The van der Waals surface area contributed by atoms with Crippen LogP contribution in [0.3, 0.4) is 0 Å². The molecular weight excluding hydrogens is 206 g/mol. The van der Waals surface area contributed by atoms with Crippen molar-refractivity contribution in [1.29, 1.82) is 0 Å². The summed E-state index contributed by atoms with van der Waals surface area (Å²) >= 11 is 0. The lowest BCUT2D eigenvalue weighted by Gasteiger charge is -2.20. The third kappa shape index (κ3) is 4.60. The van der Waals surface area contributed by atoms with Gasteiger partial charge in [0.1, 0.15) is 0 Å². The van der Waals surface area contributed by atoms with Gasteiger partial charge in [-0.15, -0.1) is 12.4 Å². The van der Waals surface area contributed by atoms with E-state index in [1.807, 2.05) is 7.05 Å². The summed E-state index contributed by atoms with van der Waals surface area (Å²) in [5, 5.41) is 8.36. The number of likely N-dealkylation sites (N-methyl/N-ethyl adjacent to an activating group) is 1. The molecule has 1 aliphatic heterocycles. The molecule has 0 aromatic carbocycles. The van der Waals surface area contributed by atoms with Crippen molar-refractivity contribution in [2.45, 2.75) is 12.5 Å². The number of hydrogen-bond acceptors (Lipinski definition) is 3. The number of carboxylic acids is 1. The van der Waals surface area contributed by atoms with Crippen LogP contribution in [0.4, 0.5) is 0 Å². The van der Waals surface area contributed by atoms with Gasteiger partial charge in [-0.25, -0.2) is 4.79 Å². The van der Waals surface area contributed by atoms with Gasteiger partial charge in [-0.05, 0) is 13.5 Å². The van der Waals surface area contributed by atoms with Gasteiger partial charge in [0.15, 0.2) is 0 Å². The van der Waals surface area contributed by atoms with E-state index in [0.717, 1.165) is 19.6 Å². The van der Waals surface area contributed by atoms with Crippen molar-refractivity contribution in [2.75, 3.05) is 26.8 Å². The zero-order chi connectivity index (χ0) is 9.68. The van der Waals surface area contributed by atoms with Crippen LogP contribution in [-0.4, -0.2) is 48.8 Å². The topological polar surface area (TPSA) is 49.8 Å². The highest BCUT2D eigenvalue weighted by molar-refractivity contribution is 5.85. The Bertz CT molecular complexity index is 202. The molecule has 1 saturated heterocycles. The van der Waals surface area contributed by atoms with Gasteiger partial charge in [-0.1, -0.05) is 6.08 Å². The molecule has 0 aromatic heterocycles. The maximum Gasteiger partial charge on any atom is 0.328 e. The minimum Gasteiger partial charge on any atom is -0.478 e. The molecule has 0 bridgehead atoms. The first-order valence-electron chi connectivity index (χ1n) is 4.37. The predicted octanol–water partition coefficient (Wildman–Crippen LogP) is 0.770. The second kappa shape index (κ2) is 6.81. The van der Waals surface area contributed by atoms with E-state index in [0.29, 0.717) is 12.6 Å². The highest BCUT2D eigenvalue weighted by Gasteiger charge is 2.18. The van der Waals surface area contributed by atoms with Crippen molar-refractivity contribution in [1.82, 2.24) is 4.90 Å². The molecule has 82 valence electrons. The Morgan fingerprint density at radius 1 is 1.71 bits per heavy atom. The van der Waals surface area contributed by atoms with Crippen molar-refractivity contribution in [2.24, 2.45) is 0 Å². The molecular formula is C9H16ClNO3. The van der Waals surface area contributed by atoms with Crippen LogP contribution < -0.4 is 0 Å². The summed E-state index contributed by atoms with van der Waals surface area (Å²) in [5.41, 5.74) is 0. The molecule has 0 amide bonds. The Kier molecular flexibility index (Phi) is 6.53. The summed E-state index contributed by atoms with van der Waals surface area (Å²) in [6, 6.07) is 0.443. The maximum atomic E-state index is 10.2. The van der Waals surface area contributed by atoms with E-state index in [4.69, 9.17) is 9.84 Å². The van der Waals surface area contributed by atoms with Gasteiger partial charge in [-0.2, -0.15) is 0 Å². The van der Waals surface area contributed by atoms with E-state index in [1.165, 1.54) is 6.08 Å². The molecule has 1 heterocycles. The molecule has 1 N–H and O–H groups in total. The number of rotatable bonds is 4. The monoisotopic (exact) mass is 221 g/mol. The van der Waals surface area contributed by atoms with Gasteiger partial charge in [0.2, 0.25) is 0 Å². The fraction of sp³-hybridized carbons (Fsp3) is 0.667. The molecule has 1 rings (SSSR count). The number of hydrogen-bond donors (Lipinski definition) is 1. The summed E-state index contributed by atoms with van der Waals surface area (Å²) in [6.45, 7) is 2.25. The van der Waals surface area contributed by atoms with Crippen LogP contribution in [0.5, 0.6) is 0 Å². The van der Waals surface area contributed by atoms with Crippen molar-refractivity contribution in [3.05, 3.63) is 12.2 Å². The summed E-state index contributed by atoms with van der Waals surface area (Å²) in [7, 11) is 1.98. The lowest BCUT2D eigenvalue weighted by atomic mass is 10.2. The zero-order valence-electron chi connectivity index (χ0n) is 8.18. The normalized spacial score (nSPS) is 21.4. The van der Waals surface area contributed by atoms with Crippen molar-refractivity contribution in [3.63, 3.8) is 0 Å². The minimum absolute atomic E-state index is 0. The summed E-state index contributed by atoms with van der Waals surface area (Å²) < 4.78 is 5.22. The zero-order valence-corrected chi connectivity index (χ0v) is 9.00. The summed E-state index contributed by atoms with van der Waals surface area (Å²) in [5.74, 6) is -0.893. The molecule has 0 radical (unpaired) electrons. The van der Waals surface area contributed by atoms with Crippen LogP contribution in [0, 0.1) is 0 Å². The van der Waals surface area contributed by atoms with Crippen LogP contribution in [0.15, 0.2) is 12.2 Å². The molecule has 0 spiro atoms. The average molecular weight is 222 g/mol. The molecule has 0 aliphatic carbocycles. The lowest BCUT2D eigenvalue weighted by Crippen LogP contribution is -2.31. The van der Waals surface area contributed by atoms with E-state index in [-0.39, 0.29) is 12.4 Å². The largest absolute Gasteiger partial charge is 0.478 e. The van der Waals surface area contributed by atoms with Crippen molar-refractivity contribution in [3.8, 4) is 0 Å². The average Bonchev–Trinajstić information content (AvgIpc) is 2.55. The van der Waals surface area contributed by atoms with E-state index in [2.05, 4.69) is 4.90 Å². The first kappa shape index (κ1) is 13.4. The number of nitrogens with zero attached hydrogens (tertiary/aromatic N) is 1. The van der Waals surface area contributed by atoms with E-state index in [1.54, 1.807) is 6.08 Å². The van der Waals surface area contributed by atoms with Crippen LogP contribution in [0.25, 0.3) is 0 Å². The van der Waals surface area contributed by atoms with E-state index < -0.39 is 5.97 Å². The molecule has 1 atom stereocenters. The third-order valence-electron chi connectivity index (χ3n) is 2.18. The van der Waals surface area contributed by atoms with Gasteiger partial charge in [0.05, 0.1) is 6.61 Å². The van der Waals surface area contributed by atoms with Crippen molar-refractivity contribution >= 4 is 18.4 Å². The highest BCUT2D eigenvalue weighted by atomic mass is 35.5. The van der Waals surface area contributed by atoms with Gasteiger partial charge < -0.3 is 9.84 Å². The Morgan fingerprint density at radius 3 is 2.93 bits per heavy atom. The number of carbonyl (C=O) groups is 1. The standard InChI is InChI=1S/C9H15NO3.ClH/c1-10(5-2-3-9(11)12)8-4-6-13-7-8;/h2-3,8H,4-7H2,1H3,(H,11,12);1H/t8-;/m0./s1. The number of ether oxygens (including phenoxy) is 1. The summed E-state index contributed by atoms with van der Waals surface area (Å²) in [6.07, 6.45) is 3.87. The van der Waals surface area contributed by atoms with Crippen molar-refractivity contribution < 1.29 is 14.6 Å². The summed E-state index contributed by atoms with van der Waals surface area (Å²) in [4.78, 5) is 12.3. The van der Waals surface area contributed by atoms with Crippen LogP contribution >= 0.6 is 12.4 Å². The van der Waals surface area contributed by atoms with E-state index >= 15 is 0 Å². The van der Waals surface area contributed by atoms with Gasteiger partial charge in [-0.3, -0.25) is 4.90 Å². The molecule has 0 saturated carbocycles. The number of halogens is 1. The quantitative estimate of drug-likeness (QED) is 0.713. The molecule has 4 nitrogen and oxygen atoms in total. The fourth-order valence-corrected chi connectivity index (χ4v) is 1.34. The molecule has 1 fully saturated rings. The number of aliphatic carboxylic acids is 1. The highest BCUT2D eigenvalue weighted by Crippen LogP contribution is 2.09. The fourth-order valence-electron chi connectivity index (χ4n) is 1.34. The van der Waals surface area contributed by atoms with Gasteiger partial charge >= 0.3 is 5.97 Å². The minimum atomic E-state index is -0.893. The first-order valence-corrected chi connectivity index (χ1v) is 4.37. The smallest absolute Gasteiger partial charge is 0.328 e. The molecule has 14 heavy (non-hydrogen) atoms. The predicted molar refractivity (Wildman–Crippen MR) is 55.9 cm³/mol. The van der Waals surface area contributed by atoms with Gasteiger partial charge in [0.25, 0.3) is 0 Å².